The van der Waals surface area contributed by atoms with Gasteiger partial charge >= 0.3 is 5.97 Å². The number of benzene rings is 1. The average molecular weight is 323 g/mol. The van der Waals surface area contributed by atoms with Crippen molar-refractivity contribution in [2.24, 2.45) is 11.8 Å². The number of hydrogen-bond donors (Lipinski definition) is 2. The molecule has 1 rings (SSSR count). The monoisotopic (exact) mass is 323 g/mol. The number of nitrogens with one attached hydrogen (secondary N) is 1. The molecule has 0 aliphatic heterocycles. The Morgan fingerprint density at radius 3 is 2.17 bits per heavy atom. The van der Waals surface area contributed by atoms with Crippen molar-refractivity contribution in [1.82, 2.24) is 5.32 Å². The zero-order chi connectivity index (χ0) is 17.4. The summed E-state index contributed by atoms with van der Waals surface area (Å²) < 4.78 is 10.6. The first-order valence-corrected chi connectivity index (χ1v) is 7.64. The number of carbonyl (C=O) groups excluding carboxylic acids is 1. The van der Waals surface area contributed by atoms with E-state index in [0.29, 0.717) is 17.9 Å². The lowest BCUT2D eigenvalue weighted by molar-refractivity contribution is -0.142. The van der Waals surface area contributed by atoms with E-state index in [-0.39, 0.29) is 18.4 Å². The van der Waals surface area contributed by atoms with Crippen molar-refractivity contribution in [2.75, 3.05) is 13.7 Å². The molecule has 128 valence electrons. The Kier molecular flexibility index (Phi) is 7.38. The molecule has 6 nitrogen and oxygen atoms in total. The molecule has 2 N–H and O–H groups in total. The van der Waals surface area contributed by atoms with E-state index in [4.69, 9.17) is 14.6 Å². The highest BCUT2D eigenvalue weighted by atomic mass is 16.5. The van der Waals surface area contributed by atoms with Crippen LogP contribution in [0.5, 0.6) is 11.5 Å². The maximum Gasteiger partial charge on any atom is 0.308 e. The van der Waals surface area contributed by atoms with E-state index in [1.165, 1.54) is 0 Å². The quantitative estimate of drug-likeness (QED) is 0.728. The third-order valence-electron chi connectivity index (χ3n) is 3.37. The van der Waals surface area contributed by atoms with Gasteiger partial charge < -0.3 is 19.9 Å². The van der Waals surface area contributed by atoms with Gasteiger partial charge in [0.1, 0.15) is 11.5 Å². The summed E-state index contributed by atoms with van der Waals surface area (Å²) in [7, 11) is 1.57. The largest absolute Gasteiger partial charge is 0.497 e. The molecule has 0 saturated carbocycles. The first kappa shape index (κ1) is 18.8. The van der Waals surface area contributed by atoms with Gasteiger partial charge in [0.15, 0.2) is 6.10 Å². The van der Waals surface area contributed by atoms with Gasteiger partial charge in [-0.1, -0.05) is 13.8 Å². The normalized spacial score (nSPS) is 13.3. The predicted octanol–water partition coefficient (Wildman–Crippen LogP) is 2.33. The summed E-state index contributed by atoms with van der Waals surface area (Å²) >= 11 is 0. The van der Waals surface area contributed by atoms with Crippen molar-refractivity contribution >= 4 is 11.9 Å². The minimum atomic E-state index is -0.900. The molecule has 0 radical (unpaired) electrons. The second kappa shape index (κ2) is 9.02. The van der Waals surface area contributed by atoms with Gasteiger partial charge in [-0.3, -0.25) is 9.59 Å². The summed E-state index contributed by atoms with van der Waals surface area (Å²) in [5, 5.41) is 11.8. The van der Waals surface area contributed by atoms with Crippen molar-refractivity contribution in [2.45, 2.75) is 33.3 Å². The van der Waals surface area contributed by atoms with Gasteiger partial charge in [-0.25, -0.2) is 0 Å². The standard InChI is InChI=1S/C17H25NO5/c1-11(2)9-13(17(20)21)10-18-16(19)12(3)23-15-7-5-14(22-4)6-8-15/h5-8,11-13H,9-10H2,1-4H3,(H,18,19)(H,20,21). The van der Waals surface area contributed by atoms with Crippen LogP contribution in [0.2, 0.25) is 0 Å². The van der Waals surface area contributed by atoms with Crippen LogP contribution in [-0.2, 0) is 9.59 Å². The summed E-state index contributed by atoms with van der Waals surface area (Å²) in [5.41, 5.74) is 0. The zero-order valence-electron chi connectivity index (χ0n) is 14.0. The number of ether oxygens (including phenoxy) is 2. The van der Waals surface area contributed by atoms with Crippen LogP contribution in [0.4, 0.5) is 0 Å². The summed E-state index contributed by atoms with van der Waals surface area (Å²) in [6, 6.07) is 6.90. The summed E-state index contributed by atoms with van der Waals surface area (Å²) in [6.45, 7) is 5.63. The number of hydrogen-bond acceptors (Lipinski definition) is 4. The molecular formula is C17H25NO5. The number of aliphatic carboxylic acids is 1. The van der Waals surface area contributed by atoms with E-state index in [0.717, 1.165) is 0 Å². The smallest absolute Gasteiger partial charge is 0.308 e. The fraction of sp³-hybridized carbons (Fsp3) is 0.529. The van der Waals surface area contributed by atoms with E-state index in [1.54, 1.807) is 38.3 Å². The topological polar surface area (TPSA) is 84.9 Å². The van der Waals surface area contributed by atoms with Crippen molar-refractivity contribution in [3.8, 4) is 11.5 Å². The van der Waals surface area contributed by atoms with Crippen LogP contribution in [-0.4, -0.2) is 36.7 Å². The van der Waals surface area contributed by atoms with Gasteiger partial charge in [-0.15, -0.1) is 0 Å². The Balaban J connectivity index is 2.50. The van der Waals surface area contributed by atoms with Gasteiger partial charge in [-0.2, -0.15) is 0 Å². The lowest BCUT2D eigenvalue weighted by Crippen LogP contribution is -2.40. The molecule has 23 heavy (non-hydrogen) atoms. The molecule has 0 aromatic heterocycles. The number of rotatable bonds is 9. The highest BCUT2D eigenvalue weighted by Crippen LogP contribution is 2.18. The van der Waals surface area contributed by atoms with Crippen molar-refractivity contribution in [3.05, 3.63) is 24.3 Å². The molecule has 2 atom stereocenters. The molecule has 0 saturated heterocycles. The SMILES string of the molecule is COc1ccc(OC(C)C(=O)NCC(CC(C)C)C(=O)O)cc1. The maximum atomic E-state index is 12.0. The molecule has 6 heteroatoms. The van der Waals surface area contributed by atoms with E-state index in [9.17, 15) is 9.59 Å². The van der Waals surface area contributed by atoms with Crippen LogP contribution < -0.4 is 14.8 Å². The molecule has 0 bridgehead atoms. The second-order valence-corrected chi connectivity index (χ2v) is 5.85. The fourth-order valence-electron chi connectivity index (χ4n) is 2.12. The Bertz CT molecular complexity index is 512. The Labute approximate surface area is 136 Å². The van der Waals surface area contributed by atoms with E-state index < -0.39 is 18.0 Å². The first-order valence-electron chi connectivity index (χ1n) is 7.64. The van der Waals surface area contributed by atoms with E-state index in [1.807, 2.05) is 13.8 Å². The summed E-state index contributed by atoms with van der Waals surface area (Å²) in [6.07, 6.45) is -0.194. The number of methoxy groups -OCH3 is 1. The third-order valence-corrected chi connectivity index (χ3v) is 3.37. The lowest BCUT2D eigenvalue weighted by atomic mass is 9.97. The van der Waals surface area contributed by atoms with Crippen LogP contribution in [0.25, 0.3) is 0 Å². The minimum absolute atomic E-state index is 0.0999. The van der Waals surface area contributed by atoms with Crippen LogP contribution >= 0.6 is 0 Å². The number of carboxylic acid groups (broad SMARTS) is 1. The van der Waals surface area contributed by atoms with E-state index >= 15 is 0 Å². The fourth-order valence-corrected chi connectivity index (χ4v) is 2.12. The molecule has 0 fully saturated rings. The predicted molar refractivity (Wildman–Crippen MR) is 86.7 cm³/mol. The van der Waals surface area contributed by atoms with Gasteiger partial charge in [0.25, 0.3) is 5.91 Å². The first-order chi connectivity index (χ1) is 10.8. The molecule has 1 aromatic rings. The van der Waals surface area contributed by atoms with Crippen LogP contribution in [0.15, 0.2) is 24.3 Å². The highest BCUT2D eigenvalue weighted by Gasteiger charge is 2.22. The molecule has 1 amide bonds. The van der Waals surface area contributed by atoms with Crippen molar-refractivity contribution < 1.29 is 24.2 Å². The molecular weight excluding hydrogens is 298 g/mol. The molecule has 2 unspecified atom stereocenters. The van der Waals surface area contributed by atoms with Gasteiger partial charge in [0.05, 0.1) is 13.0 Å². The zero-order valence-corrected chi connectivity index (χ0v) is 14.0. The highest BCUT2D eigenvalue weighted by molar-refractivity contribution is 5.81. The maximum absolute atomic E-state index is 12.0. The molecule has 0 heterocycles. The van der Waals surface area contributed by atoms with Gasteiger partial charge in [0.2, 0.25) is 0 Å². The molecule has 0 aliphatic carbocycles. The van der Waals surface area contributed by atoms with Crippen LogP contribution in [0, 0.1) is 11.8 Å². The van der Waals surface area contributed by atoms with Crippen molar-refractivity contribution in [3.63, 3.8) is 0 Å². The van der Waals surface area contributed by atoms with Gasteiger partial charge in [-0.05, 0) is 43.5 Å². The van der Waals surface area contributed by atoms with Crippen molar-refractivity contribution in [1.29, 1.82) is 0 Å². The third kappa shape index (κ3) is 6.59. The molecule has 0 spiro atoms. The van der Waals surface area contributed by atoms with Gasteiger partial charge in [0, 0.05) is 6.54 Å². The average Bonchev–Trinajstić information content (AvgIpc) is 2.51. The Hall–Kier alpha value is -2.24. The van der Waals surface area contributed by atoms with Crippen LogP contribution in [0.3, 0.4) is 0 Å². The number of amides is 1. The Morgan fingerprint density at radius 2 is 1.70 bits per heavy atom. The molecule has 1 aromatic carbocycles. The minimum Gasteiger partial charge on any atom is -0.497 e. The van der Waals surface area contributed by atoms with E-state index in [2.05, 4.69) is 5.32 Å². The second-order valence-electron chi connectivity index (χ2n) is 5.85. The number of carbonyl (C=O) groups is 2. The Morgan fingerprint density at radius 1 is 1.13 bits per heavy atom. The van der Waals surface area contributed by atoms with Crippen LogP contribution in [0.1, 0.15) is 27.2 Å². The molecule has 0 aliphatic rings. The summed E-state index contributed by atoms with van der Waals surface area (Å²) in [5.74, 6) is -0.329. The number of carboxylic acids is 1. The summed E-state index contributed by atoms with van der Waals surface area (Å²) in [4.78, 5) is 23.2. The lowest BCUT2D eigenvalue weighted by Gasteiger charge is -2.18.